The summed E-state index contributed by atoms with van der Waals surface area (Å²) in [6.07, 6.45) is 7.61. The molecule has 0 fully saturated rings. The highest BCUT2D eigenvalue weighted by molar-refractivity contribution is 5.09. The van der Waals surface area contributed by atoms with Crippen LogP contribution >= 0.6 is 0 Å². The number of aryl methyl sites for hydroxylation is 1. The van der Waals surface area contributed by atoms with E-state index in [0.717, 1.165) is 13.0 Å². The van der Waals surface area contributed by atoms with E-state index >= 15 is 0 Å². The predicted molar refractivity (Wildman–Crippen MR) is 55.6 cm³/mol. The van der Waals surface area contributed by atoms with Crippen LogP contribution in [0.4, 0.5) is 5.95 Å². The van der Waals surface area contributed by atoms with Crippen LogP contribution in [0.3, 0.4) is 0 Å². The third-order valence-electron chi connectivity index (χ3n) is 2.28. The molecular weight excluding hydrogens is 178 g/mol. The van der Waals surface area contributed by atoms with Gasteiger partial charge in [0.1, 0.15) is 0 Å². The number of aromatic nitrogens is 4. The third kappa shape index (κ3) is 3.72. The van der Waals surface area contributed by atoms with E-state index < -0.39 is 0 Å². The molecule has 5 heteroatoms. The summed E-state index contributed by atoms with van der Waals surface area (Å²) in [5.41, 5.74) is 5.53. The SMILES string of the molecule is CCCCCCCCn1nnnc1N. The van der Waals surface area contributed by atoms with E-state index in [1.54, 1.807) is 4.68 Å². The van der Waals surface area contributed by atoms with Gasteiger partial charge in [0.2, 0.25) is 5.95 Å². The van der Waals surface area contributed by atoms with Crippen molar-refractivity contribution in [3.05, 3.63) is 0 Å². The first-order valence-electron chi connectivity index (χ1n) is 5.36. The number of nitrogens with two attached hydrogens (primary N) is 1. The molecular formula is C9H19N5. The van der Waals surface area contributed by atoms with Crippen molar-refractivity contribution in [3.63, 3.8) is 0 Å². The summed E-state index contributed by atoms with van der Waals surface area (Å²) in [6, 6.07) is 0. The second-order valence-corrected chi connectivity index (χ2v) is 3.53. The predicted octanol–water partition coefficient (Wildman–Crippen LogP) is 1.62. The summed E-state index contributed by atoms with van der Waals surface area (Å²) in [5.74, 6) is 0.415. The highest BCUT2D eigenvalue weighted by atomic mass is 15.6. The van der Waals surface area contributed by atoms with Crippen LogP contribution in [0, 0.1) is 0 Å². The van der Waals surface area contributed by atoms with Crippen LogP contribution in [0.5, 0.6) is 0 Å². The van der Waals surface area contributed by atoms with E-state index in [-0.39, 0.29) is 0 Å². The van der Waals surface area contributed by atoms with Crippen LogP contribution in [-0.4, -0.2) is 20.2 Å². The van der Waals surface area contributed by atoms with Crippen molar-refractivity contribution in [3.8, 4) is 0 Å². The van der Waals surface area contributed by atoms with Crippen molar-refractivity contribution < 1.29 is 0 Å². The van der Waals surface area contributed by atoms with Crippen LogP contribution in [-0.2, 0) is 6.54 Å². The number of hydrogen-bond donors (Lipinski definition) is 1. The molecule has 0 saturated heterocycles. The Kier molecular flexibility index (Phi) is 4.96. The number of anilines is 1. The van der Waals surface area contributed by atoms with Gasteiger partial charge in [0.15, 0.2) is 0 Å². The molecule has 0 radical (unpaired) electrons. The molecule has 1 aromatic heterocycles. The molecule has 0 amide bonds. The van der Waals surface area contributed by atoms with Gasteiger partial charge in [-0.3, -0.25) is 0 Å². The van der Waals surface area contributed by atoms with E-state index in [4.69, 9.17) is 5.73 Å². The smallest absolute Gasteiger partial charge is 0.240 e. The van der Waals surface area contributed by atoms with Crippen LogP contribution in [0.1, 0.15) is 45.4 Å². The van der Waals surface area contributed by atoms with Crippen molar-refractivity contribution in [2.24, 2.45) is 0 Å². The summed E-state index contributed by atoms with van der Waals surface area (Å²) in [7, 11) is 0. The minimum Gasteiger partial charge on any atom is -0.367 e. The lowest BCUT2D eigenvalue weighted by Crippen LogP contribution is -2.05. The zero-order chi connectivity index (χ0) is 10.2. The molecule has 1 rings (SSSR count). The Balaban J connectivity index is 2.02. The molecule has 80 valence electrons. The van der Waals surface area contributed by atoms with Crippen molar-refractivity contribution in [1.29, 1.82) is 0 Å². The van der Waals surface area contributed by atoms with E-state index in [1.807, 2.05) is 0 Å². The number of nitrogen functional groups attached to an aromatic ring is 1. The third-order valence-corrected chi connectivity index (χ3v) is 2.28. The van der Waals surface area contributed by atoms with Gasteiger partial charge in [0, 0.05) is 6.54 Å². The molecule has 1 aromatic rings. The molecule has 0 aliphatic rings. The largest absolute Gasteiger partial charge is 0.367 e. The zero-order valence-corrected chi connectivity index (χ0v) is 8.82. The average molecular weight is 197 g/mol. The Hall–Kier alpha value is -1.13. The Bertz CT molecular complexity index is 245. The van der Waals surface area contributed by atoms with Gasteiger partial charge in [-0.05, 0) is 16.8 Å². The van der Waals surface area contributed by atoms with E-state index in [2.05, 4.69) is 22.4 Å². The molecule has 5 nitrogen and oxygen atoms in total. The van der Waals surface area contributed by atoms with Gasteiger partial charge in [0.05, 0.1) is 0 Å². The second-order valence-electron chi connectivity index (χ2n) is 3.53. The molecule has 2 N–H and O–H groups in total. The Morgan fingerprint density at radius 1 is 1.14 bits per heavy atom. The fourth-order valence-electron chi connectivity index (χ4n) is 1.41. The van der Waals surface area contributed by atoms with Crippen molar-refractivity contribution in [2.45, 2.75) is 52.0 Å². The van der Waals surface area contributed by atoms with Gasteiger partial charge in [0.25, 0.3) is 0 Å². The van der Waals surface area contributed by atoms with Gasteiger partial charge in [-0.1, -0.05) is 44.1 Å². The maximum Gasteiger partial charge on any atom is 0.240 e. The normalized spacial score (nSPS) is 10.6. The molecule has 0 unspecified atom stereocenters. The first-order chi connectivity index (χ1) is 6.84. The fraction of sp³-hybridized carbons (Fsp3) is 0.889. The van der Waals surface area contributed by atoms with E-state index in [1.165, 1.54) is 32.1 Å². The van der Waals surface area contributed by atoms with Crippen LogP contribution < -0.4 is 5.73 Å². The average Bonchev–Trinajstić information content (AvgIpc) is 2.58. The standard InChI is InChI=1S/C9H19N5/c1-2-3-4-5-6-7-8-14-9(10)11-12-13-14/h2-8H2,1H3,(H2,10,11,13). The maximum atomic E-state index is 5.53. The van der Waals surface area contributed by atoms with Crippen molar-refractivity contribution in [1.82, 2.24) is 20.2 Å². The molecule has 0 spiro atoms. The summed E-state index contributed by atoms with van der Waals surface area (Å²) in [5, 5.41) is 10.9. The summed E-state index contributed by atoms with van der Waals surface area (Å²) in [4.78, 5) is 0. The first-order valence-corrected chi connectivity index (χ1v) is 5.36. The summed E-state index contributed by atoms with van der Waals surface area (Å²) < 4.78 is 1.65. The molecule has 14 heavy (non-hydrogen) atoms. The van der Waals surface area contributed by atoms with Gasteiger partial charge in [-0.15, -0.1) is 0 Å². The van der Waals surface area contributed by atoms with Crippen molar-refractivity contribution in [2.75, 3.05) is 5.73 Å². The van der Waals surface area contributed by atoms with Crippen LogP contribution in [0.15, 0.2) is 0 Å². The first kappa shape index (κ1) is 10.9. The molecule has 0 aliphatic carbocycles. The van der Waals surface area contributed by atoms with E-state index in [0.29, 0.717) is 5.95 Å². The lowest BCUT2D eigenvalue weighted by molar-refractivity contribution is 0.520. The van der Waals surface area contributed by atoms with E-state index in [9.17, 15) is 0 Å². The number of tetrazole rings is 1. The second kappa shape index (κ2) is 6.34. The Labute approximate surface area is 84.7 Å². The van der Waals surface area contributed by atoms with Gasteiger partial charge >= 0.3 is 0 Å². The number of unbranched alkanes of at least 4 members (excludes halogenated alkanes) is 5. The molecule has 1 heterocycles. The molecule has 0 aromatic carbocycles. The van der Waals surface area contributed by atoms with Crippen molar-refractivity contribution >= 4 is 5.95 Å². The minimum atomic E-state index is 0.415. The molecule has 0 aliphatic heterocycles. The highest BCUT2D eigenvalue weighted by Gasteiger charge is 1.99. The summed E-state index contributed by atoms with van der Waals surface area (Å²) in [6.45, 7) is 3.06. The van der Waals surface area contributed by atoms with Gasteiger partial charge < -0.3 is 5.73 Å². The maximum absolute atomic E-state index is 5.53. The number of hydrogen-bond acceptors (Lipinski definition) is 4. The molecule has 0 bridgehead atoms. The molecule has 0 atom stereocenters. The quantitative estimate of drug-likeness (QED) is 0.674. The van der Waals surface area contributed by atoms with Crippen LogP contribution in [0.25, 0.3) is 0 Å². The van der Waals surface area contributed by atoms with Gasteiger partial charge in [-0.25, -0.2) is 4.68 Å². The zero-order valence-electron chi connectivity index (χ0n) is 8.82. The summed E-state index contributed by atoms with van der Waals surface area (Å²) >= 11 is 0. The number of nitrogens with zero attached hydrogens (tertiary/aromatic N) is 4. The lowest BCUT2D eigenvalue weighted by atomic mass is 10.1. The van der Waals surface area contributed by atoms with Crippen LogP contribution in [0.2, 0.25) is 0 Å². The monoisotopic (exact) mass is 197 g/mol. The fourth-order valence-corrected chi connectivity index (χ4v) is 1.41. The number of rotatable bonds is 7. The Morgan fingerprint density at radius 3 is 2.50 bits per heavy atom. The Morgan fingerprint density at radius 2 is 1.86 bits per heavy atom. The topological polar surface area (TPSA) is 69.6 Å². The molecule has 0 saturated carbocycles. The minimum absolute atomic E-state index is 0.415. The highest BCUT2D eigenvalue weighted by Crippen LogP contribution is 2.06. The lowest BCUT2D eigenvalue weighted by Gasteiger charge is -2.01. The van der Waals surface area contributed by atoms with Gasteiger partial charge in [-0.2, -0.15) is 0 Å².